The molecule has 1 aromatic carbocycles. The molecule has 0 unspecified atom stereocenters. The van der Waals surface area contributed by atoms with Crippen molar-refractivity contribution >= 4 is 26.6 Å². The van der Waals surface area contributed by atoms with Crippen LogP contribution < -0.4 is 0 Å². The SMILES string of the molecule is CCc1ccc2ncnn2c1-c1nc2cc(S(C)(=O)=O)ccc2o1. The summed E-state index contributed by atoms with van der Waals surface area (Å²) >= 11 is 0. The van der Waals surface area contributed by atoms with Gasteiger partial charge in [0.2, 0.25) is 5.89 Å². The van der Waals surface area contributed by atoms with Crippen LogP contribution in [0.2, 0.25) is 0 Å². The number of rotatable bonds is 3. The van der Waals surface area contributed by atoms with E-state index in [-0.39, 0.29) is 4.90 Å². The third kappa shape index (κ3) is 2.26. The van der Waals surface area contributed by atoms with Crippen LogP contribution >= 0.6 is 0 Å². The largest absolute Gasteiger partial charge is 0.435 e. The van der Waals surface area contributed by atoms with Gasteiger partial charge in [0, 0.05) is 6.26 Å². The summed E-state index contributed by atoms with van der Waals surface area (Å²) in [5.74, 6) is 0.392. The lowest BCUT2D eigenvalue weighted by atomic mass is 10.1. The predicted molar refractivity (Wildman–Crippen MR) is 88.5 cm³/mol. The number of hydrogen-bond donors (Lipinski definition) is 0. The maximum absolute atomic E-state index is 11.7. The molecule has 0 saturated heterocycles. The van der Waals surface area contributed by atoms with Crippen LogP contribution in [0.5, 0.6) is 0 Å². The topological polar surface area (TPSA) is 90.4 Å². The highest BCUT2D eigenvalue weighted by Gasteiger charge is 2.18. The van der Waals surface area contributed by atoms with Gasteiger partial charge in [-0.05, 0) is 36.2 Å². The highest BCUT2D eigenvalue weighted by molar-refractivity contribution is 7.90. The van der Waals surface area contributed by atoms with Gasteiger partial charge in [-0.3, -0.25) is 0 Å². The molecule has 0 N–H and O–H groups in total. The lowest BCUT2D eigenvalue weighted by Gasteiger charge is -2.05. The van der Waals surface area contributed by atoms with Crippen molar-refractivity contribution in [2.45, 2.75) is 18.2 Å². The Morgan fingerprint density at radius 1 is 1.21 bits per heavy atom. The van der Waals surface area contributed by atoms with Crippen molar-refractivity contribution in [3.8, 4) is 11.6 Å². The maximum Gasteiger partial charge on any atom is 0.246 e. The van der Waals surface area contributed by atoms with Gasteiger partial charge in [-0.15, -0.1) is 0 Å². The van der Waals surface area contributed by atoms with E-state index >= 15 is 0 Å². The van der Waals surface area contributed by atoms with Gasteiger partial charge >= 0.3 is 0 Å². The zero-order chi connectivity index (χ0) is 16.9. The predicted octanol–water partition coefficient (Wildman–Crippen LogP) is 2.50. The van der Waals surface area contributed by atoms with E-state index in [1.165, 1.54) is 24.7 Å². The molecule has 24 heavy (non-hydrogen) atoms. The Hall–Kier alpha value is -2.74. The van der Waals surface area contributed by atoms with Crippen LogP contribution in [0.25, 0.3) is 28.3 Å². The smallest absolute Gasteiger partial charge is 0.246 e. The first-order valence-electron chi connectivity index (χ1n) is 7.40. The van der Waals surface area contributed by atoms with Gasteiger partial charge in [-0.1, -0.05) is 13.0 Å². The summed E-state index contributed by atoms with van der Waals surface area (Å²) in [6.07, 6.45) is 3.42. The average Bonchev–Trinajstić information content (AvgIpc) is 3.18. The Kier molecular flexibility index (Phi) is 3.17. The average molecular weight is 342 g/mol. The van der Waals surface area contributed by atoms with E-state index in [1.807, 2.05) is 19.1 Å². The van der Waals surface area contributed by atoms with E-state index in [9.17, 15) is 8.42 Å². The molecule has 0 aliphatic heterocycles. The Balaban J connectivity index is 1.99. The number of fused-ring (bicyclic) bond motifs is 2. The molecule has 0 amide bonds. The minimum atomic E-state index is -3.30. The molecule has 4 rings (SSSR count). The fourth-order valence-electron chi connectivity index (χ4n) is 2.68. The third-order valence-electron chi connectivity index (χ3n) is 3.89. The number of benzene rings is 1. The monoisotopic (exact) mass is 342 g/mol. The molecule has 0 radical (unpaired) electrons. The first kappa shape index (κ1) is 14.8. The summed E-state index contributed by atoms with van der Waals surface area (Å²) in [6, 6.07) is 8.51. The number of aryl methyl sites for hydroxylation is 1. The number of hydrogen-bond acceptors (Lipinski definition) is 6. The minimum Gasteiger partial charge on any atom is -0.435 e. The Morgan fingerprint density at radius 3 is 2.79 bits per heavy atom. The van der Waals surface area contributed by atoms with Gasteiger partial charge in [0.15, 0.2) is 21.1 Å². The molecule has 122 valence electrons. The van der Waals surface area contributed by atoms with Gasteiger partial charge in [0.25, 0.3) is 0 Å². The standard InChI is InChI=1S/C16H14N4O3S/c1-3-10-4-7-14-17-9-18-20(14)15(10)16-19-12-8-11(24(2,21)22)5-6-13(12)23-16/h4-9H,3H2,1-2H3. The van der Waals surface area contributed by atoms with E-state index in [0.717, 1.165) is 17.7 Å². The molecule has 0 spiro atoms. The number of oxazole rings is 1. The van der Waals surface area contributed by atoms with Crippen LogP contribution in [0.3, 0.4) is 0 Å². The van der Waals surface area contributed by atoms with Crippen LogP contribution in [-0.2, 0) is 16.3 Å². The van der Waals surface area contributed by atoms with Crippen LogP contribution in [-0.4, -0.2) is 34.3 Å². The maximum atomic E-state index is 11.7. The Morgan fingerprint density at radius 2 is 2.04 bits per heavy atom. The number of nitrogens with zero attached hydrogens (tertiary/aromatic N) is 4. The van der Waals surface area contributed by atoms with E-state index in [4.69, 9.17) is 4.42 Å². The second-order valence-electron chi connectivity index (χ2n) is 5.51. The molecule has 0 bridgehead atoms. The quantitative estimate of drug-likeness (QED) is 0.568. The molecule has 0 aliphatic rings. The van der Waals surface area contributed by atoms with Gasteiger partial charge in [0.05, 0.1) is 4.90 Å². The molecule has 0 saturated carbocycles. The van der Waals surface area contributed by atoms with Crippen molar-refractivity contribution in [1.82, 2.24) is 19.6 Å². The van der Waals surface area contributed by atoms with Gasteiger partial charge in [-0.2, -0.15) is 5.10 Å². The lowest BCUT2D eigenvalue weighted by Crippen LogP contribution is -1.99. The molecule has 0 aliphatic carbocycles. The van der Waals surface area contributed by atoms with Crippen molar-refractivity contribution in [2.75, 3.05) is 6.26 Å². The normalized spacial score (nSPS) is 12.2. The molecule has 8 heteroatoms. The van der Waals surface area contributed by atoms with Crippen LogP contribution in [0.4, 0.5) is 0 Å². The third-order valence-corrected chi connectivity index (χ3v) is 5.00. The second kappa shape index (κ2) is 5.13. The van der Waals surface area contributed by atoms with E-state index in [0.29, 0.717) is 22.6 Å². The molecular formula is C16H14N4O3S. The van der Waals surface area contributed by atoms with E-state index in [2.05, 4.69) is 15.1 Å². The van der Waals surface area contributed by atoms with E-state index < -0.39 is 9.84 Å². The van der Waals surface area contributed by atoms with E-state index in [1.54, 1.807) is 10.6 Å². The summed E-state index contributed by atoms with van der Waals surface area (Å²) in [4.78, 5) is 8.87. The summed E-state index contributed by atoms with van der Waals surface area (Å²) < 4.78 is 31.0. The number of aromatic nitrogens is 4. The Labute approximate surface area is 137 Å². The van der Waals surface area contributed by atoms with Crippen molar-refractivity contribution in [2.24, 2.45) is 0 Å². The second-order valence-corrected chi connectivity index (χ2v) is 7.53. The van der Waals surface area contributed by atoms with Crippen molar-refractivity contribution in [3.63, 3.8) is 0 Å². The summed E-state index contributed by atoms with van der Waals surface area (Å²) in [7, 11) is -3.30. The fraction of sp³-hybridized carbons (Fsp3) is 0.188. The molecule has 0 atom stereocenters. The highest BCUT2D eigenvalue weighted by atomic mass is 32.2. The van der Waals surface area contributed by atoms with Crippen LogP contribution in [0.1, 0.15) is 12.5 Å². The molecule has 0 fully saturated rings. The zero-order valence-corrected chi connectivity index (χ0v) is 13.9. The van der Waals surface area contributed by atoms with Gasteiger partial charge in [-0.25, -0.2) is 22.9 Å². The van der Waals surface area contributed by atoms with Crippen molar-refractivity contribution in [1.29, 1.82) is 0 Å². The van der Waals surface area contributed by atoms with Crippen LogP contribution in [0.15, 0.2) is 46.0 Å². The van der Waals surface area contributed by atoms with Crippen molar-refractivity contribution < 1.29 is 12.8 Å². The first-order chi connectivity index (χ1) is 11.5. The zero-order valence-electron chi connectivity index (χ0n) is 13.1. The van der Waals surface area contributed by atoms with Crippen molar-refractivity contribution in [3.05, 3.63) is 42.2 Å². The first-order valence-corrected chi connectivity index (χ1v) is 9.29. The van der Waals surface area contributed by atoms with Gasteiger partial charge < -0.3 is 4.42 Å². The van der Waals surface area contributed by atoms with Crippen LogP contribution in [0, 0.1) is 0 Å². The Bertz CT molecular complexity index is 1170. The minimum absolute atomic E-state index is 0.213. The number of sulfone groups is 1. The highest BCUT2D eigenvalue weighted by Crippen LogP contribution is 2.29. The van der Waals surface area contributed by atoms with Gasteiger partial charge in [0.1, 0.15) is 17.5 Å². The lowest BCUT2D eigenvalue weighted by molar-refractivity contribution is 0.602. The summed E-state index contributed by atoms with van der Waals surface area (Å²) in [5.41, 5.74) is 3.46. The molecule has 3 heterocycles. The number of pyridine rings is 1. The molecule has 4 aromatic rings. The summed E-state index contributed by atoms with van der Waals surface area (Å²) in [6.45, 7) is 2.03. The molecule has 7 nitrogen and oxygen atoms in total. The fourth-order valence-corrected chi connectivity index (χ4v) is 3.32. The molecular weight excluding hydrogens is 328 g/mol. The summed E-state index contributed by atoms with van der Waals surface area (Å²) in [5, 5.41) is 4.24. The molecule has 3 aromatic heterocycles.